The van der Waals surface area contributed by atoms with Crippen LogP contribution in [-0.2, 0) is 16.2 Å². The molecule has 1 aromatic rings. The summed E-state index contributed by atoms with van der Waals surface area (Å²) in [6.07, 6.45) is 0. The normalized spacial score (nSPS) is 11.6. The lowest BCUT2D eigenvalue weighted by Crippen LogP contribution is -2.54. The molecule has 0 saturated heterocycles. The van der Waals surface area contributed by atoms with Crippen molar-refractivity contribution in [3.63, 3.8) is 0 Å². The van der Waals surface area contributed by atoms with E-state index in [1.54, 1.807) is 0 Å². The summed E-state index contributed by atoms with van der Waals surface area (Å²) in [4.78, 5) is 19.5. The molecule has 0 fully saturated rings. The third-order valence-corrected chi connectivity index (χ3v) is 3.36. The van der Waals surface area contributed by atoms with E-state index in [4.69, 9.17) is 4.84 Å². The number of benzene rings is 1. The fraction of sp³-hybridized carbons (Fsp3) is 0.533. The first-order valence-electron chi connectivity index (χ1n) is 6.73. The number of amides is 1. The van der Waals surface area contributed by atoms with E-state index in [2.05, 4.69) is 10.4 Å². The van der Waals surface area contributed by atoms with Gasteiger partial charge in [0.1, 0.15) is 0 Å². The van der Waals surface area contributed by atoms with Crippen LogP contribution in [0, 0.1) is 0 Å². The van der Waals surface area contributed by atoms with Crippen LogP contribution in [0.15, 0.2) is 30.3 Å². The molecule has 0 saturated carbocycles. The van der Waals surface area contributed by atoms with Gasteiger partial charge in [0.05, 0.1) is 12.1 Å². The topological polar surface area (TPSA) is 41.6 Å². The first kappa shape index (κ1) is 15.7. The largest absolute Gasteiger partial charge is 0.290 e. The average molecular weight is 264 g/mol. The van der Waals surface area contributed by atoms with Gasteiger partial charge in [0, 0.05) is 0 Å². The molecule has 1 amide bonds. The molecule has 1 N–H and O–H groups in total. The quantitative estimate of drug-likeness (QED) is 0.769. The van der Waals surface area contributed by atoms with Crippen molar-refractivity contribution in [1.82, 2.24) is 10.4 Å². The van der Waals surface area contributed by atoms with E-state index in [0.717, 1.165) is 18.7 Å². The van der Waals surface area contributed by atoms with Crippen LogP contribution in [0.5, 0.6) is 0 Å². The minimum atomic E-state index is -0.569. The molecule has 0 atom stereocenters. The Kier molecular flexibility index (Phi) is 5.99. The zero-order chi connectivity index (χ0) is 14.3. The predicted octanol–water partition coefficient (Wildman–Crippen LogP) is 2.35. The maximum absolute atomic E-state index is 12.1. The van der Waals surface area contributed by atoms with Gasteiger partial charge >= 0.3 is 0 Å². The first-order chi connectivity index (χ1) is 9.02. The Morgan fingerprint density at radius 2 is 1.79 bits per heavy atom. The van der Waals surface area contributed by atoms with Gasteiger partial charge in [-0.15, -0.1) is 0 Å². The maximum atomic E-state index is 12.1. The van der Waals surface area contributed by atoms with Crippen molar-refractivity contribution in [3.05, 3.63) is 35.9 Å². The summed E-state index contributed by atoms with van der Waals surface area (Å²) < 4.78 is 0. The van der Waals surface area contributed by atoms with Gasteiger partial charge < -0.3 is 0 Å². The van der Waals surface area contributed by atoms with Crippen molar-refractivity contribution in [2.45, 2.75) is 39.8 Å². The summed E-state index contributed by atoms with van der Waals surface area (Å²) in [6, 6.07) is 9.76. The number of hydrogen-bond donors (Lipinski definition) is 1. The molecule has 0 aliphatic rings. The Bertz CT molecular complexity index is 386. The van der Waals surface area contributed by atoms with Gasteiger partial charge in [-0.2, -0.15) is 0 Å². The first-order valence-corrected chi connectivity index (χ1v) is 6.73. The van der Waals surface area contributed by atoms with Crippen molar-refractivity contribution in [2.75, 3.05) is 13.1 Å². The van der Waals surface area contributed by atoms with Crippen molar-refractivity contribution in [3.8, 4) is 0 Å². The van der Waals surface area contributed by atoms with E-state index >= 15 is 0 Å². The molecule has 0 bridgehead atoms. The fourth-order valence-electron chi connectivity index (χ4n) is 2.04. The van der Waals surface area contributed by atoms with Crippen LogP contribution in [0.1, 0.15) is 33.3 Å². The summed E-state index contributed by atoms with van der Waals surface area (Å²) in [6.45, 7) is 9.93. The minimum absolute atomic E-state index is 0.118. The lowest BCUT2D eigenvalue weighted by molar-refractivity contribution is -0.145. The summed E-state index contributed by atoms with van der Waals surface area (Å²) >= 11 is 0. The highest BCUT2D eigenvalue weighted by molar-refractivity contribution is 5.84. The molecule has 0 heterocycles. The number of hydrogen-bond acceptors (Lipinski definition) is 3. The van der Waals surface area contributed by atoms with Crippen LogP contribution in [0.3, 0.4) is 0 Å². The van der Waals surface area contributed by atoms with Crippen LogP contribution in [0.2, 0.25) is 0 Å². The van der Waals surface area contributed by atoms with Gasteiger partial charge in [0.25, 0.3) is 5.91 Å². The van der Waals surface area contributed by atoms with Crippen molar-refractivity contribution < 1.29 is 9.63 Å². The van der Waals surface area contributed by atoms with E-state index in [1.165, 1.54) is 0 Å². The number of hydroxylamine groups is 1. The summed E-state index contributed by atoms with van der Waals surface area (Å²) in [5.74, 6) is -0.118. The van der Waals surface area contributed by atoms with Gasteiger partial charge in [-0.1, -0.05) is 44.2 Å². The van der Waals surface area contributed by atoms with Crippen LogP contribution in [0.25, 0.3) is 0 Å². The van der Waals surface area contributed by atoms with Gasteiger partial charge in [0.15, 0.2) is 0 Å². The highest BCUT2D eigenvalue weighted by atomic mass is 16.7. The molecular weight excluding hydrogens is 240 g/mol. The van der Waals surface area contributed by atoms with Gasteiger partial charge in [-0.05, 0) is 32.5 Å². The molecule has 4 nitrogen and oxygen atoms in total. The molecule has 1 aromatic carbocycles. The monoisotopic (exact) mass is 264 g/mol. The number of nitrogens with zero attached hydrogens (tertiary/aromatic N) is 1. The lowest BCUT2D eigenvalue weighted by atomic mass is 10.0. The molecule has 0 spiro atoms. The SMILES string of the molecule is CCN(CC)C(C)(C)C(=O)NOCc1ccccc1. The van der Waals surface area contributed by atoms with E-state index in [0.29, 0.717) is 6.61 Å². The minimum Gasteiger partial charge on any atom is -0.290 e. The molecule has 0 aromatic heterocycles. The lowest BCUT2D eigenvalue weighted by Gasteiger charge is -2.35. The molecule has 19 heavy (non-hydrogen) atoms. The highest BCUT2D eigenvalue weighted by Gasteiger charge is 2.32. The Hall–Kier alpha value is -1.39. The third kappa shape index (κ3) is 4.33. The van der Waals surface area contributed by atoms with Crippen molar-refractivity contribution in [1.29, 1.82) is 0 Å². The molecule has 0 unspecified atom stereocenters. The second-order valence-corrected chi connectivity index (χ2v) is 4.94. The number of carbonyl (C=O) groups excluding carboxylic acids is 1. The highest BCUT2D eigenvalue weighted by Crippen LogP contribution is 2.14. The molecule has 0 radical (unpaired) electrons. The van der Waals surface area contributed by atoms with E-state index < -0.39 is 5.54 Å². The third-order valence-electron chi connectivity index (χ3n) is 3.36. The fourth-order valence-corrected chi connectivity index (χ4v) is 2.04. The molecule has 106 valence electrons. The van der Waals surface area contributed by atoms with Gasteiger partial charge in [-0.25, -0.2) is 5.48 Å². The second kappa shape index (κ2) is 7.26. The van der Waals surface area contributed by atoms with Crippen LogP contribution in [-0.4, -0.2) is 29.4 Å². The number of carbonyl (C=O) groups is 1. The Morgan fingerprint density at radius 1 is 1.21 bits per heavy atom. The van der Waals surface area contributed by atoms with Crippen molar-refractivity contribution >= 4 is 5.91 Å². The smallest absolute Gasteiger partial charge is 0.263 e. The molecule has 0 aliphatic heterocycles. The summed E-state index contributed by atoms with van der Waals surface area (Å²) in [5, 5.41) is 0. The maximum Gasteiger partial charge on any atom is 0.263 e. The second-order valence-electron chi connectivity index (χ2n) is 4.94. The molecule has 4 heteroatoms. The Balaban J connectivity index is 2.46. The summed E-state index contributed by atoms with van der Waals surface area (Å²) in [7, 11) is 0. The average Bonchev–Trinajstić information content (AvgIpc) is 2.41. The van der Waals surface area contributed by atoms with Crippen LogP contribution >= 0.6 is 0 Å². The zero-order valence-electron chi connectivity index (χ0n) is 12.3. The van der Waals surface area contributed by atoms with E-state index in [9.17, 15) is 4.79 Å². The number of nitrogens with one attached hydrogen (secondary N) is 1. The van der Waals surface area contributed by atoms with E-state index in [-0.39, 0.29) is 5.91 Å². The molecular formula is C15H24N2O2. The van der Waals surface area contributed by atoms with E-state index in [1.807, 2.05) is 58.0 Å². The van der Waals surface area contributed by atoms with Gasteiger partial charge in [-0.3, -0.25) is 14.5 Å². The predicted molar refractivity (Wildman–Crippen MR) is 76.4 cm³/mol. The standard InChI is InChI=1S/C15H24N2O2/c1-5-17(6-2)15(3,4)14(18)16-19-12-13-10-8-7-9-11-13/h7-11H,5-6,12H2,1-4H3,(H,16,18). The van der Waals surface area contributed by atoms with Crippen molar-refractivity contribution in [2.24, 2.45) is 0 Å². The Labute approximate surface area is 115 Å². The molecule has 0 aliphatic carbocycles. The van der Waals surface area contributed by atoms with Crippen LogP contribution < -0.4 is 5.48 Å². The molecule has 1 rings (SSSR count). The number of likely N-dealkylation sites (N-methyl/N-ethyl adjacent to an activating group) is 1. The van der Waals surface area contributed by atoms with Crippen LogP contribution in [0.4, 0.5) is 0 Å². The zero-order valence-corrected chi connectivity index (χ0v) is 12.3. The Morgan fingerprint density at radius 3 is 2.32 bits per heavy atom. The van der Waals surface area contributed by atoms with Gasteiger partial charge in [0.2, 0.25) is 0 Å². The number of rotatable bonds is 7. The summed E-state index contributed by atoms with van der Waals surface area (Å²) in [5.41, 5.74) is 3.00.